The van der Waals surface area contributed by atoms with Crippen LogP contribution in [0.1, 0.15) is 27.2 Å². The number of rotatable bonds is 4. The van der Waals surface area contributed by atoms with Gasteiger partial charge in [-0.05, 0) is 37.6 Å². The second-order valence-electron chi connectivity index (χ2n) is 8.30. The third-order valence-electron chi connectivity index (χ3n) is 5.96. The number of amides is 1. The van der Waals surface area contributed by atoms with Gasteiger partial charge in [-0.3, -0.25) is 4.79 Å². The molecule has 1 amide bonds. The van der Waals surface area contributed by atoms with E-state index in [0.29, 0.717) is 25.2 Å². The normalized spacial score (nSPS) is 14.2. The zero-order valence-electron chi connectivity index (χ0n) is 18.4. The Balaban J connectivity index is 1.37. The van der Waals surface area contributed by atoms with Crippen LogP contribution in [0.3, 0.4) is 0 Å². The molecule has 32 heavy (non-hydrogen) atoms. The van der Waals surface area contributed by atoms with Crippen LogP contribution in [0.15, 0.2) is 60.9 Å². The van der Waals surface area contributed by atoms with Crippen molar-refractivity contribution in [2.45, 2.75) is 20.4 Å². The molecule has 1 aromatic carbocycles. The summed E-state index contributed by atoms with van der Waals surface area (Å²) < 4.78 is 1.88. The lowest BCUT2D eigenvalue weighted by Gasteiger charge is -2.35. The molecule has 1 aliphatic heterocycles. The maximum atomic E-state index is 13.4. The molecule has 0 saturated carbocycles. The number of fused-ring (bicyclic) bond motifs is 1. The van der Waals surface area contributed by atoms with Crippen molar-refractivity contribution >= 4 is 22.8 Å². The molecule has 1 fully saturated rings. The standard InChI is InChI=1S/C25H26N6O/c1-18-6-8-20(9-7-18)17-31-24-22(16-27-31)21(15-19(2)28-24)25(32)30-13-11-29(12-14-30)23-5-3-4-10-26-23/h3-10,15-16H,11-14,17H2,1-2H3. The third kappa shape index (κ3) is 3.93. The number of aromatic nitrogens is 4. The van der Waals surface area contributed by atoms with Gasteiger partial charge in [-0.2, -0.15) is 5.10 Å². The van der Waals surface area contributed by atoms with E-state index in [4.69, 9.17) is 4.98 Å². The second kappa shape index (κ2) is 8.42. The SMILES string of the molecule is Cc1ccc(Cn2ncc3c(C(=O)N4CCN(c5ccccn5)CC4)cc(C)nc32)cc1. The maximum absolute atomic E-state index is 13.4. The van der Waals surface area contributed by atoms with E-state index in [2.05, 4.69) is 46.2 Å². The summed E-state index contributed by atoms with van der Waals surface area (Å²) in [5.74, 6) is 0.996. The van der Waals surface area contributed by atoms with E-state index in [9.17, 15) is 4.79 Å². The molecule has 1 saturated heterocycles. The van der Waals surface area contributed by atoms with E-state index in [0.717, 1.165) is 41.2 Å². The molecular formula is C25H26N6O. The van der Waals surface area contributed by atoms with E-state index >= 15 is 0 Å². The van der Waals surface area contributed by atoms with Crippen LogP contribution in [0, 0.1) is 13.8 Å². The summed E-state index contributed by atoms with van der Waals surface area (Å²) in [6.45, 7) is 7.48. The van der Waals surface area contributed by atoms with Gasteiger partial charge in [-0.15, -0.1) is 0 Å². The van der Waals surface area contributed by atoms with E-state index < -0.39 is 0 Å². The molecule has 0 aliphatic carbocycles. The topological polar surface area (TPSA) is 67.2 Å². The van der Waals surface area contributed by atoms with Crippen LogP contribution in [0.25, 0.3) is 11.0 Å². The minimum Gasteiger partial charge on any atom is -0.353 e. The van der Waals surface area contributed by atoms with Gasteiger partial charge in [0.05, 0.1) is 23.7 Å². The molecule has 1 aliphatic rings. The van der Waals surface area contributed by atoms with Gasteiger partial charge in [0.2, 0.25) is 0 Å². The highest BCUT2D eigenvalue weighted by atomic mass is 16.2. The van der Waals surface area contributed by atoms with E-state index in [-0.39, 0.29) is 5.91 Å². The molecule has 4 aromatic rings. The predicted molar refractivity (Wildman–Crippen MR) is 125 cm³/mol. The van der Waals surface area contributed by atoms with Gasteiger partial charge in [0.15, 0.2) is 5.65 Å². The molecule has 5 rings (SSSR count). The molecule has 3 aromatic heterocycles. The number of hydrogen-bond donors (Lipinski definition) is 0. The molecule has 162 valence electrons. The van der Waals surface area contributed by atoms with Crippen LogP contribution in [0.4, 0.5) is 5.82 Å². The summed E-state index contributed by atoms with van der Waals surface area (Å²) in [5.41, 5.74) is 4.63. The van der Waals surface area contributed by atoms with Crippen molar-refractivity contribution in [1.82, 2.24) is 24.6 Å². The van der Waals surface area contributed by atoms with Gasteiger partial charge in [0.1, 0.15) is 5.82 Å². The largest absolute Gasteiger partial charge is 0.353 e. The van der Waals surface area contributed by atoms with Gasteiger partial charge in [-0.25, -0.2) is 14.6 Å². The number of carbonyl (C=O) groups excluding carboxylic acids is 1. The molecule has 0 N–H and O–H groups in total. The van der Waals surface area contributed by atoms with Crippen LogP contribution in [0.2, 0.25) is 0 Å². The number of hydrogen-bond acceptors (Lipinski definition) is 5. The third-order valence-corrected chi connectivity index (χ3v) is 5.96. The molecule has 4 heterocycles. The first-order valence-electron chi connectivity index (χ1n) is 10.9. The Morgan fingerprint density at radius 1 is 1.00 bits per heavy atom. The molecule has 0 unspecified atom stereocenters. The molecule has 0 radical (unpaired) electrons. The molecule has 7 nitrogen and oxygen atoms in total. The van der Waals surface area contributed by atoms with E-state index in [1.165, 1.54) is 5.56 Å². The van der Waals surface area contributed by atoms with Crippen LogP contribution in [-0.4, -0.2) is 56.7 Å². The number of piperazine rings is 1. The first-order valence-corrected chi connectivity index (χ1v) is 10.9. The van der Waals surface area contributed by atoms with Gasteiger partial charge >= 0.3 is 0 Å². The number of aryl methyl sites for hydroxylation is 2. The Morgan fingerprint density at radius 3 is 2.50 bits per heavy atom. The average Bonchev–Trinajstić information content (AvgIpc) is 3.22. The second-order valence-corrected chi connectivity index (χ2v) is 8.30. The lowest BCUT2D eigenvalue weighted by molar-refractivity contribution is 0.0748. The van der Waals surface area contributed by atoms with Crippen molar-refractivity contribution in [2.24, 2.45) is 0 Å². The number of anilines is 1. The van der Waals surface area contributed by atoms with Crippen molar-refractivity contribution < 1.29 is 4.79 Å². The van der Waals surface area contributed by atoms with Crippen LogP contribution in [-0.2, 0) is 6.54 Å². The van der Waals surface area contributed by atoms with Crippen molar-refractivity contribution in [3.63, 3.8) is 0 Å². The first-order chi connectivity index (χ1) is 15.6. The van der Waals surface area contributed by atoms with Crippen LogP contribution < -0.4 is 4.90 Å². The Morgan fingerprint density at radius 2 is 1.78 bits per heavy atom. The number of carbonyl (C=O) groups is 1. The lowest BCUT2D eigenvalue weighted by Crippen LogP contribution is -2.49. The lowest BCUT2D eigenvalue weighted by atomic mass is 10.1. The smallest absolute Gasteiger partial charge is 0.254 e. The Bertz CT molecular complexity index is 1240. The van der Waals surface area contributed by atoms with Crippen LogP contribution >= 0.6 is 0 Å². The van der Waals surface area contributed by atoms with Gasteiger partial charge in [-0.1, -0.05) is 35.9 Å². The van der Waals surface area contributed by atoms with E-state index in [1.54, 1.807) is 12.4 Å². The van der Waals surface area contributed by atoms with Gasteiger partial charge in [0.25, 0.3) is 5.91 Å². The molecule has 7 heteroatoms. The average molecular weight is 427 g/mol. The predicted octanol–water partition coefficient (Wildman–Crippen LogP) is 3.45. The van der Waals surface area contributed by atoms with Crippen molar-refractivity contribution in [3.05, 3.63) is 83.3 Å². The first kappa shape index (κ1) is 20.2. The maximum Gasteiger partial charge on any atom is 0.254 e. The zero-order chi connectivity index (χ0) is 22.1. The van der Waals surface area contributed by atoms with Crippen molar-refractivity contribution in [2.75, 3.05) is 31.1 Å². The van der Waals surface area contributed by atoms with Gasteiger partial charge in [0, 0.05) is 38.1 Å². The Hall–Kier alpha value is -3.74. The minimum atomic E-state index is 0.0380. The summed E-state index contributed by atoms with van der Waals surface area (Å²) >= 11 is 0. The summed E-state index contributed by atoms with van der Waals surface area (Å²) in [6, 6.07) is 16.2. The monoisotopic (exact) mass is 426 g/mol. The molecule has 0 spiro atoms. The van der Waals surface area contributed by atoms with Gasteiger partial charge < -0.3 is 9.80 Å². The fraction of sp³-hybridized carbons (Fsp3) is 0.280. The summed E-state index contributed by atoms with van der Waals surface area (Å²) in [7, 11) is 0. The van der Waals surface area contributed by atoms with Crippen LogP contribution in [0.5, 0.6) is 0 Å². The fourth-order valence-electron chi connectivity index (χ4n) is 4.18. The molecule has 0 atom stereocenters. The highest BCUT2D eigenvalue weighted by Gasteiger charge is 2.25. The van der Waals surface area contributed by atoms with Crippen molar-refractivity contribution in [1.29, 1.82) is 0 Å². The highest BCUT2D eigenvalue weighted by molar-refractivity contribution is 6.05. The number of nitrogens with zero attached hydrogens (tertiary/aromatic N) is 6. The Labute approximate surface area is 187 Å². The minimum absolute atomic E-state index is 0.0380. The summed E-state index contributed by atoms with van der Waals surface area (Å²) in [6.07, 6.45) is 3.57. The van der Waals surface area contributed by atoms with Crippen molar-refractivity contribution in [3.8, 4) is 0 Å². The Kier molecular flexibility index (Phi) is 5.31. The summed E-state index contributed by atoms with van der Waals surface area (Å²) in [5, 5.41) is 5.37. The number of benzene rings is 1. The quantitative estimate of drug-likeness (QED) is 0.500. The number of pyridine rings is 2. The molecular weight excluding hydrogens is 400 g/mol. The zero-order valence-corrected chi connectivity index (χ0v) is 18.4. The van der Waals surface area contributed by atoms with E-state index in [1.807, 2.05) is 40.8 Å². The summed E-state index contributed by atoms with van der Waals surface area (Å²) in [4.78, 5) is 26.7. The molecule has 0 bridgehead atoms. The fourth-order valence-corrected chi connectivity index (χ4v) is 4.18. The highest BCUT2D eigenvalue weighted by Crippen LogP contribution is 2.22.